The highest BCUT2D eigenvalue weighted by molar-refractivity contribution is 5.98. The number of hydrogen-bond donors (Lipinski definition) is 0. The van der Waals surface area contributed by atoms with Gasteiger partial charge in [-0.2, -0.15) is 0 Å². The van der Waals surface area contributed by atoms with Crippen LogP contribution in [0.5, 0.6) is 5.75 Å². The number of ketones is 1. The first-order chi connectivity index (χ1) is 13.5. The molecule has 1 aromatic rings. The Labute approximate surface area is 166 Å². The number of fused-ring (bicyclic) bond motifs is 5. The van der Waals surface area contributed by atoms with Crippen molar-refractivity contribution in [2.45, 2.75) is 70.3 Å². The van der Waals surface area contributed by atoms with Gasteiger partial charge in [0, 0.05) is 60.2 Å². The second kappa shape index (κ2) is 5.77. The maximum Gasteiger partial charge on any atom is 0.162 e. The van der Waals surface area contributed by atoms with Crippen LogP contribution in [-0.2, 0) is 22.4 Å². The van der Waals surface area contributed by atoms with Gasteiger partial charge in [-0.3, -0.25) is 4.79 Å². The molecule has 6 rings (SSSR count). The van der Waals surface area contributed by atoms with E-state index in [2.05, 4.69) is 24.8 Å². The minimum Gasteiger partial charge on any atom is -0.492 e. The molecule has 0 saturated heterocycles. The van der Waals surface area contributed by atoms with Crippen molar-refractivity contribution in [2.24, 2.45) is 5.92 Å². The van der Waals surface area contributed by atoms with Crippen molar-refractivity contribution in [3.05, 3.63) is 34.1 Å². The predicted molar refractivity (Wildman–Crippen MR) is 108 cm³/mol. The number of nitrogens with zero attached hydrogens (tertiary/aromatic N) is 1. The Bertz CT molecular complexity index is 911. The van der Waals surface area contributed by atoms with Crippen LogP contribution in [0.4, 0.5) is 5.69 Å². The van der Waals surface area contributed by atoms with Gasteiger partial charge in [0.1, 0.15) is 17.1 Å². The first-order valence-corrected chi connectivity index (χ1v) is 11.1. The molecule has 0 spiro atoms. The van der Waals surface area contributed by atoms with Crippen LogP contribution in [0.3, 0.4) is 0 Å². The molecular formula is C24H29NO3. The number of carbonyl (C=O) groups excluding carboxylic acids is 1. The van der Waals surface area contributed by atoms with E-state index >= 15 is 0 Å². The van der Waals surface area contributed by atoms with E-state index in [-0.39, 0.29) is 17.4 Å². The van der Waals surface area contributed by atoms with Gasteiger partial charge in [0.2, 0.25) is 0 Å². The standard InChI is InChI=1S/C24H29NO3/c1-24(2)17-13-27-23-15-7-5-11-25-10-4-6-14(22(15)25)12-16(23)20(17)21-18(26)8-3-9-19(21)28-24/h12,17,20H,3-11,13H2,1-2H3/t17-,20+/m1/s1. The molecule has 2 atom stereocenters. The van der Waals surface area contributed by atoms with E-state index in [1.54, 1.807) is 0 Å². The Morgan fingerprint density at radius 1 is 1.07 bits per heavy atom. The largest absolute Gasteiger partial charge is 0.492 e. The lowest BCUT2D eigenvalue weighted by molar-refractivity contribution is -0.121. The second-order valence-electron chi connectivity index (χ2n) is 9.69. The summed E-state index contributed by atoms with van der Waals surface area (Å²) in [5.74, 6) is 2.67. The highest BCUT2D eigenvalue weighted by atomic mass is 16.5. The minimum atomic E-state index is -0.308. The molecule has 1 aromatic carbocycles. The molecule has 28 heavy (non-hydrogen) atoms. The van der Waals surface area contributed by atoms with Crippen LogP contribution < -0.4 is 9.64 Å². The molecule has 0 bridgehead atoms. The fraction of sp³-hybridized carbons (Fsp3) is 0.625. The number of rotatable bonds is 0. The molecule has 0 fully saturated rings. The SMILES string of the molecule is CC1(C)OC2=C(C(=O)CCC2)[C@H]2c3cc4c5c(c3OC[C@H]21)CCCN5CCC4. The second-order valence-corrected chi connectivity index (χ2v) is 9.69. The smallest absolute Gasteiger partial charge is 0.162 e. The Morgan fingerprint density at radius 2 is 1.89 bits per heavy atom. The van der Waals surface area contributed by atoms with Gasteiger partial charge < -0.3 is 14.4 Å². The summed E-state index contributed by atoms with van der Waals surface area (Å²) in [5, 5.41) is 0. The first-order valence-electron chi connectivity index (χ1n) is 11.1. The molecule has 4 nitrogen and oxygen atoms in total. The first kappa shape index (κ1) is 16.9. The molecule has 0 unspecified atom stereocenters. The summed E-state index contributed by atoms with van der Waals surface area (Å²) >= 11 is 0. The average Bonchev–Trinajstić information content (AvgIpc) is 2.68. The van der Waals surface area contributed by atoms with Gasteiger partial charge in [0.25, 0.3) is 0 Å². The van der Waals surface area contributed by atoms with Crippen LogP contribution >= 0.6 is 0 Å². The number of ether oxygens (including phenoxy) is 2. The molecule has 0 N–H and O–H groups in total. The van der Waals surface area contributed by atoms with Crippen molar-refractivity contribution in [1.29, 1.82) is 0 Å². The Balaban J connectivity index is 1.59. The van der Waals surface area contributed by atoms with E-state index in [9.17, 15) is 4.79 Å². The predicted octanol–water partition coefficient (Wildman–Crippen LogP) is 4.29. The molecule has 0 aromatic heterocycles. The molecule has 1 aliphatic carbocycles. The summed E-state index contributed by atoms with van der Waals surface area (Å²) in [7, 11) is 0. The van der Waals surface area contributed by atoms with Crippen LogP contribution in [0, 0.1) is 5.92 Å². The van der Waals surface area contributed by atoms with Crippen molar-refractivity contribution < 1.29 is 14.3 Å². The van der Waals surface area contributed by atoms with Crippen LogP contribution in [0.25, 0.3) is 0 Å². The Hall–Kier alpha value is -1.97. The number of anilines is 1. The van der Waals surface area contributed by atoms with Gasteiger partial charge in [-0.25, -0.2) is 0 Å². The molecule has 4 aliphatic heterocycles. The van der Waals surface area contributed by atoms with Crippen LogP contribution in [0.1, 0.15) is 68.6 Å². The zero-order valence-corrected chi connectivity index (χ0v) is 17.0. The van der Waals surface area contributed by atoms with E-state index in [1.807, 2.05) is 0 Å². The lowest BCUT2D eigenvalue weighted by atomic mass is 9.66. The van der Waals surface area contributed by atoms with Crippen molar-refractivity contribution in [1.82, 2.24) is 0 Å². The summed E-state index contributed by atoms with van der Waals surface area (Å²) in [6.07, 6.45) is 7.13. The van der Waals surface area contributed by atoms with Crippen LogP contribution in [0.15, 0.2) is 17.4 Å². The molecule has 148 valence electrons. The third-order valence-electron chi connectivity index (χ3n) is 7.64. The van der Waals surface area contributed by atoms with E-state index in [0.717, 1.165) is 42.8 Å². The van der Waals surface area contributed by atoms with Crippen molar-refractivity contribution in [3.8, 4) is 5.75 Å². The minimum absolute atomic E-state index is 0.133. The van der Waals surface area contributed by atoms with E-state index in [1.165, 1.54) is 48.3 Å². The summed E-state index contributed by atoms with van der Waals surface area (Å²) in [6, 6.07) is 2.40. The summed E-state index contributed by atoms with van der Waals surface area (Å²) < 4.78 is 12.9. The van der Waals surface area contributed by atoms with Gasteiger partial charge in [-0.05, 0) is 57.6 Å². The zero-order valence-electron chi connectivity index (χ0n) is 17.0. The van der Waals surface area contributed by atoms with Crippen molar-refractivity contribution in [3.63, 3.8) is 0 Å². The number of benzene rings is 1. The van der Waals surface area contributed by atoms with Crippen molar-refractivity contribution >= 4 is 11.5 Å². The van der Waals surface area contributed by atoms with Crippen LogP contribution in [-0.4, -0.2) is 31.1 Å². The maximum absolute atomic E-state index is 13.0. The fourth-order valence-corrected chi connectivity index (χ4v) is 6.38. The number of aryl methyl sites for hydroxylation is 1. The van der Waals surface area contributed by atoms with Gasteiger partial charge in [0.05, 0.1) is 6.61 Å². The van der Waals surface area contributed by atoms with E-state index in [0.29, 0.717) is 18.8 Å². The van der Waals surface area contributed by atoms with Gasteiger partial charge in [-0.1, -0.05) is 0 Å². The number of Topliss-reactive ketones (excluding diaryl/α,β-unsaturated/α-hetero) is 1. The van der Waals surface area contributed by atoms with Crippen LogP contribution in [0.2, 0.25) is 0 Å². The van der Waals surface area contributed by atoms with E-state index < -0.39 is 0 Å². The summed E-state index contributed by atoms with van der Waals surface area (Å²) in [5.41, 5.74) is 6.26. The Kier molecular flexibility index (Phi) is 3.49. The maximum atomic E-state index is 13.0. The molecule has 4 heteroatoms. The lowest BCUT2D eigenvalue weighted by Crippen LogP contribution is -2.49. The quantitative estimate of drug-likeness (QED) is 0.674. The van der Waals surface area contributed by atoms with Gasteiger partial charge in [-0.15, -0.1) is 0 Å². The Morgan fingerprint density at radius 3 is 2.75 bits per heavy atom. The molecule has 0 amide bonds. The number of allylic oxidation sites excluding steroid dienone is 2. The highest BCUT2D eigenvalue weighted by Gasteiger charge is 2.51. The van der Waals surface area contributed by atoms with E-state index in [4.69, 9.17) is 9.47 Å². The third-order valence-corrected chi connectivity index (χ3v) is 7.64. The average molecular weight is 380 g/mol. The fourth-order valence-electron chi connectivity index (χ4n) is 6.38. The molecule has 4 heterocycles. The third kappa shape index (κ3) is 2.20. The molecule has 0 saturated carbocycles. The topological polar surface area (TPSA) is 38.8 Å². The molecule has 5 aliphatic rings. The summed E-state index contributed by atoms with van der Waals surface area (Å²) in [6.45, 7) is 7.32. The number of carbonyl (C=O) groups is 1. The monoisotopic (exact) mass is 379 g/mol. The van der Waals surface area contributed by atoms with Gasteiger partial charge >= 0.3 is 0 Å². The normalized spacial score (nSPS) is 29.8. The lowest BCUT2D eigenvalue weighted by Gasteiger charge is -2.50. The molecule has 0 radical (unpaired) electrons. The summed E-state index contributed by atoms with van der Waals surface area (Å²) in [4.78, 5) is 15.6. The van der Waals surface area contributed by atoms with Crippen molar-refractivity contribution in [2.75, 3.05) is 24.6 Å². The number of hydrogen-bond acceptors (Lipinski definition) is 4. The zero-order chi connectivity index (χ0) is 19.0. The highest BCUT2D eigenvalue weighted by Crippen LogP contribution is 2.56. The van der Waals surface area contributed by atoms with Gasteiger partial charge in [0.15, 0.2) is 5.78 Å². The molecular weight excluding hydrogens is 350 g/mol.